The molecule has 0 bridgehead atoms. The van der Waals surface area contributed by atoms with E-state index in [2.05, 4.69) is 31.9 Å². The summed E-state index contributed by atoms with van der Waals surface area (Å²) in [6.45, 7) is -0.281. The minimum atomic E-state index is -0.481. The normalized spacial score (nSPS) is 13.3. The number of carbonyl (C=O) groups is 1. The van der Waals surface area contributed by atoms with Gasteiger partial charge in [-0.1, -0.05) is 68.3 Å². The van der Waals surface area contributed by atoms with Crippen LogP contribution in [0.15, 0.2) is 57.5 Å². The summed E-state index contributed by atoms with van der Waals surface area (Å²) in [7, 11) is 0. The van der Waals surface area contributed by atoms with Crippen molar-refractivity contribution in [3.8, 4) is 0 Å². The van der Waals surface area contributed by atoms with Gasteiger partial charge >= 0.3 is 0 Å². The maximum atomic E-state index is 11.7. The molecular formula is C17H15Br2NO3. The second kappa shape index (κ2) is 8.36. The van der Waals surface area contributed by atoms with Gasteiger partial charge in [0, 0.05) is 19.8 Å². The molecule has 0 unspecified atom stereocenters. The number of hydrogen-bond donors (Lipinski definition) is 0. The molecule has 2 rings (SSSR count). The molecule has 2 atom stereocenters. The molecule has 0 aliphatic heterocycles. The van der Waals surface area contributed by atoms with Crippen LogP contribution in [0.5, 0.6) is 0 Å². The molecule has 0 saturated heterocycles. The number of aldehydes is 1. The summed E-state index contributed by atoms with van der Waals surface area (Å²) in [5, 5.41) is 11.1. The average molecular weight is 441 g/mol. The third kappa shape index (κ3) is 4.72. The lowest BCUT2D eigenvalue weighted by Crippen LogP contribution is -2.24. The summed E-state index contributed by atoms with van der Waals surface area (Å²) in [5.74, 6) is -0.956. The van der Waals surface area contributed by atoms with Gasteiger partial charge in [0.2, 0.25) is 6.54 Å². The molecular weight excluding hydrogens is 426 g/mol. The fraction of sp³-hybridized carbons (Fsp3) is 0.235. The summed E-state index contributed by atoms with van der Waals surface area (Å²) in [6, 6.07) is 14.9. The predicted octanol–water partition coefficient (Wildman–Crippen LogP) is 4.63. The SMILES string of the molecule is O=C[C@@H](Cc1ccccc1Br)[C@H](C[N+](=O)[O-])c1ccccc1Br. The molecule has 0 N–H and O–H groups in total. The molecule has 0 aliphatic carbocycles. The monoisotopic (exact) mass is 439 g/mol. The molecule has 0 aromatic heterocycles. The van der Waals surface area contributed by atoms with Gasteiger partial charge in [0.25, 0.3) is 0 Å². The van der Waals surface area contributed by atoms with Crippen LogP contribution in [0, 0.1) is 16.0 Å². The van der Waals surface area contributed by atoms with Crippen molar-refractivity contribution >= 4 is 38.1 Å². The van der Waals surface area contributed by atoms with Crippen LogP contribution in [-0.4, -0.2) is 17.8 Å². The summed E-state index contributed by atoms with van der Waals surface area (Å²) in [6.07, 6.45) is 1.28. The van der Waals surface area contributed by atoms with Gasteiger partial charge in [-0.05, 0) is 29.7 Å². The van der Waals surface area contributed by atoms with Crippen molar-refractivity contribution in [3.05, 3.63) is 78.7 Å². The zero-order valence-corrected chi connectivity index (χ0v) is 15.4. The summed E-state index contributed by atoms with van der Waals surface area (Å²) >= 11 is 6.90. The van der Waals surface area contributed by atoms with Crippen molar-refractivity contribution in [2.45, 2.75) is 12.3 Å². The van der Waals surface area contributed by atoms with Crippen LogP contribution in [0.2, 0.25) is 0 Å². The fourth-order valence-corrected chi connectivity index (χ4v) is 3.63. The highest BCUT2D eigenvalue weighted by Gasteiger charge is 2.29. The lowest BCUT2D eigenvalue weighted by atomic mass is 9.83. The van der Waals surface area contributed by atoms with Crippen LogP contribution in [0.3, 0.4) is 0 Å². The number of hydrogen-bond acceptors (Lipinski definition) is 3. The minimum Gasteiger partial charge on any atom is -0.303 e. The number of nitro groups is 1. The number of carbonyl (C=O) groups excluding carboxylic acids is 1. The van der Waals surface area contributed by atoms with E-state index in [1.807, 2.05) is 48.5 Å². The van der Waals surface area contributed by atoms with Gasteiger partial charge in [0.05, 0.1) is 5.92 Å². The predicted molar refractivity (Wildman–Crippen MR) is 96.1 cm³/mol. The molecule has 6 heteroatoms. The van der Waals surface area contributed by atoms with E-state index in [0.717, 1.165) is 26.4 Å². The Morgan fingerprint density at radius 2 is 1.65 bits per heavy atom. The fourth-order valence-electron chi connectivity index (χ4n) is 2.60. The highest BCUT2D eigenvalue weighted by molar-refractivity contribution is 9.10. The third-order valence-electron chi connectivity index (χ3n) is 3.76. The molecule has 23 heavy (non-hydrogen) atoms. The molecule has 0 saturated carbocycles. The van der Waals surface area contributed by atoms with Gasteiger partial charge in [-0.2, -0.15) is 0 Å². The minimum absolute atomic E-state index is 0.281. The van der Waals surface area contributed by atoms with Crippen LogP contribution >= 0.6 is 31.9 Å². The zero-order valence-electron chi connectivity index (χ0n) is 12.2. The van der Waals surface area contributed by atoms with Crippen LogP contribution in [0.1, 0.15) is 17.0 Å². The van der Waals surface area contributed by atoms with Crippen molar-refractivity contribution < 1.29 is 9.72 Å². The smallest absolute Gasteiger partial charge is 0.211 e. The molecule has 0 heterocycles. The summed E-state index contributed by atoms with van der Waals surface area (Å²) in [5.41, 5.74) is 1.75. The lowest BCUT2D eigenvalue weighted by Gasteiger charge is -2.21. The van der Waals surface area contributed by atoms with Crippen LogP contribution in [0.25, 0.3) is 0 Å². The van der Waals surface area contributed by atoms with Crippen molar-refractivity contribution in [1.29, 1.82) is 0 Å². The van der Waals surface area contributed by atoms with E-state index in [1.165, 1.54) is 0 Å². The number of halogens is 2. The first kappa shape index (κ1) is 17.8. The Balaban J connectivity index is 2.36. The number of rotatable bonds is 7. The van der Waals surface area contributed by atoms with Crippen LogP contribution < -0.4 is 0 Å². The number of benzene rings is 2. The molecule has 2 aromatic carbocycles. The molecule has 0 amide bonds. The lowest BCUT2D eigenvalue weighted by molar-refractivity contribution is -0.484. The highest BCUT2D eigenvalue weighted by atomic mass is 79.9. The first-order valence-electron chi connectivity index (χ1n) is 7.08. The van der Waals surface area contributed by atoms with Gasteiger partial charge in [-0.25, -0.2) is 0 Å². The van der Waals surface area contributed by atoms with E-state index in [1.54, 1.807) is 0 Å². The number of nitrogens with zero attached hydrogens (tertiary/aromatic N) is 1. The molecule has 0 aliphatic rings. The maximum Gasteiger partial charge on any atom is 0.211 e. The molecule has 0 radical (unpaired) electrons. The maximum absolute atomic E-state index is 11.7. The first-order valence-corrected chi connectivity index (χ1v) is 8.66. The van der Waals surface area contributed by atoms with Gasteiger partial charge in [0.15, 0.2) is 0 Å². The largest absolute Gasteiger partial charge is 0.303 e. The second-order valence-corrected chi connectivity index (χ2v) is 6.95. The van der Waals surface area contributed by atoms with Crippen molar-refractivity contribution in [3.63, 3.8) is 0 Å². The van der Waals surface area contributed by atoms with E-state index in [0.29, 0.717) is 6.42 Å². The van der Waals surface area contributed by atoms with Crippen molar-refractivity contribution in [2.75, 3.05) is 6.54 Å². The Morgan fingerprint density at radius 3 is 2.22 bits per heavy atom. The molecule has 2 aromatic rings. The van der Waals surface area contributed by atoms with Crippen LogP contribution in [0.4, 0.5) is 0 Å². The first-order chi connectivity index (χ1) is 11.0. The highest BCUT2D eigenvalue weighted by Crippen LogP contribution is 2.33. The summed E-state index contributed by atoms with van der Waals surface area (Å²) in [4.78, 5) is 22.4. The molecule has 4 nitrogen and oxygen atoms in total. The van der Waals surface area contributed by atoms with E-state index >= 15 is 0 Å². The van der Waals surface area contributed by atoms with E-state index < -0.39 is 11.8 Å². The second-order valence-electron chi connectivity index (χ2n) is 5.24. The van der Waals surface area contributed by atoms with Crippen LogP contribution in [-0.2, 0) is 11.2 Å². The molecule has 0 fully saturated rings. The van der Waals surface area contributed by atoms with Gasteiger partial charge in [-0.3, -0.25) is 10.1 Å². The van der Waals surface area contributed by atoms with Crippen molar-refractivity contribution in [1.82, 2.24) is 0 Å². The molecule has 120 valence electrons. The van der Waals surface area contributed by atoms with Crippen molar-refractivity contribution in [2.24, 2.45) is 5.92 Å². The Morgan fingerprint density at radius 1 is 1.04 bits per heavy atom. The quantitative estimate of drug-likeness (QED) is 0.358. The Bertz CT molecular complexity index is 706. The standard InChI is InChI=1S/C17H15Br2NO3/c18-16-7-3-1-5-12(16)9-13(11-21)15(10-20(22)23)14-6-2-4-8-17(14)19/h1-8,11,13,15H,9-10H2/t13-,15+/m1/s1. The van der Waals surface area contributed by atoms with E-state index in [-0.39, 0.29) is 11.5 Å². The Kier molecular flexibility index (Phi) is 6.47. The Hall–Kier alpha value is -1.53. The molecule has 0 spiro atoms. The van der Waals surface area contributed by atoms with Gasteiger partial charge in [-0.15, -0.1) is 0 Å². The van der Waals surface area contributed by atoms with Gasteiger partial charge < -0.3 is 4.79 Å². The zero-order chi connectivity index (χ0) is 16.8. The van der Waals surface area contributed by atoms with E-state index in [9.17, 15) is 14.9 Å². The topological polar surface area (TPSA) is 60.2 Å². The van der Waals surface area contributed by atoms with E-state index in [4.69, 9.17) is 0 Å². The summed E-state index contributed by atoms with van der Waals surface area (Å²) < 4.78 is 1.68. The third-order valence-corrected chi connectivity index (χ3v) is 5.25. The Labute approximate surface area is 151 Å². The average Bonchev–Trinajstić information content (AvgIpc) is 2.53. The van der Waals surface area contributed by atoms with Gasteiger partial charge in [0.1, 0.15) is 6.29 Å².